The minimum absolute atomic E-state index is 0.199. The van der Waals surface area contributed by atoms with E-state index in [1.54, 1.807) is 29.3 Å². The lowest BCUT2D eigenvalue weighted by molar-refractivity contribution is 0.103. The molecule has 0 fully saturated rings. The number of fused-ring (bicyclic) bond motifs is 1. The fraction of sp³-hybridized carbons (Fsp3) is 0.300. The summed E-state index contributed by atoms with van der Waals surface area (Å²) in [5.74, 6) is 0.889. The zero-order valence-corrected chi connectivity index (χ0v) is 10.0. The standard InChI is InChI=1S/C10H9N3OS2/c1-2-8-9(11-4-1)16-10(13-8)15-6-7-3-5-12-14-7/h1-2,4-5,7H,3,6H2. The Morgan fingerprint density at radius 3 is 3.38 bits per heavy atom. The van der Waals surface area contributed by atoms with Gasteiger partial charge in [0.1, 0.15) is 16.5 Å². The molecular formula is C10H9N3OS2. The number of rotatable bonds is 3. The zero-order chi connectivity index (χ0) is 10.8. The normalized spacial score (nSPS) is 19.1. The van der Waals surface area contributed by atoms with Crippen molar-refractivity contribution in [3.63, 3.8) is 0 Å². The Morgan fingerprint density at radius 1 is 1.56 bits per heavy atom. The van der Waals surface area contributed by atoms with Crippen LogP contribution in [-0.2, 0) is 4.84 Å². The van der Waals surface area contributed by atoms with Gasteiger partial charge in [-0.1, -0.05) is 28.3 Å². The molecule has 1 atom stereocenters. The molecule has 2 aromatic heterocycles. The Hall–Kier alpha value is -1.14. The zero-order valence-electron chi connectivity index (χ0n) is 8.37. The van der Waals surface area contributed by atoms with E-state index in [0.717, 1.165) is 26.9 Å². The molecule has 3 rings (SSSR count). The summed E-state index contributed by atoms with van der Waals surface area (Å²) in [6.45, 7) is 0. The number of nitrogens with zero attached hydrogens (tertiary/aromatic N) is 3. The van der Waals surface area contributed by atoms with Crippen LogP contribution in [0.5, 0.6) is 0 Å². The Labute approximate surface area is 101 Å². The molecule has 3 heterocycles. The van der Waals surface area contributed by atoms with Crippen molar-refractivity contribution in [1.82, 2.24) is 9.97 Å². The maximum Gasteiger partial charge on any atom is 0.152 e. The molecule has 16 heavy (non-hydrogen) atoms. The highest BCUT2D eigenvalue weighted by Gasteiger charge is 2.15. The van der Waals surface area contributed by atoms with Gasteiger partial charge in [-0.05, 0) is 12.1 Å². The molecule has 0 amide bonds. The summed E-state index contributed by atoms with van der Waals surface area (Å²) in [4.78, 5) is 14.9. The molecule has 0 saturated carbocycles. The molecule has 6 heteroatoms. The second-order valence-electron chi connectivity index (χ2n) is 3.37. The maximum absolute atomic E-state index is 5.16. The SMILES string of the molecule is C1=NOC(CSc2nc3cccnc3s2)C1. The van der Waals surface area contributed by atoms with Crippen LogP contribution in [0.3, 0.4) is 0 Å². The quantitative estimate of drug-likeness (QED) is 0.787. The van der Waals surface area contributed by atoms with Gasteiger partial charge < -0.3 is 4.84 Å². The summed E-state index contributed by atoms with van der Waals surface area (Å²) in [5.41, 5.74) is 0.971. The van der Waals surface area contributed by atoms with Crippen LogP contribution in [0.4, 0.5) is 0 Å². The van der Waals surface area contributed by atoms with Gasteiger partial charge in [0.2, 0.25) is 0 Å². The van der Waals surface area contributed by atoms with E-state index in [4.69, 9.17) is 4.84 Å². The van der Waals surface area contributed by atoms with Crippen LogP contribution < -0.4 is 0 Å². The number of thioether (sulfide) groups is 1. The Bertz CT molecular complexity index is 485. The first-order valence-electron chi connectivity index (χ1n) is 4.94. The minimum Gasteiger partial charge on any atom is -0.392 e. The third kappa shape index (κ3) is 2.03. The average Bonchev–Trinajstić information content (AvgIpc) is 2.95. The summed E-state index contributed by atoms with van der Waals surface area (Å²) in [5, 5.41) is 3.75. The van der Waals surface area contributed by atoms with Crippen molar-refractivity contribution in [2.24, 2.45) is 5.16 Å². The molecule has 0 aromatic carbocycles. The van der Waals surface area contributed by atoms with Crippen molar-refractivity contribution in [3.05, 3.63) is 18.3 Å². The van der Waals surface area contributed by atoms with Gasteiger partial charge in [0.15, 0.2) is 4.34 Å². The van der Waals surface area contributed by atoms with E-state index in [1.807, 2.05) is 18.3 Å². The van der Waals surface area contributed by atoms with Gasteiger partial charge >= 0.3 is 0 Å². The lowest BCUT2D eigenvalue weighted by Crippen LogP contribution is -2.07. The predicted octanol–water partition coefficient (Wildman–Crippen LogP) is 2.56. The van der Waals surface area contributed by atoms with E-state index in [1.165, 1.54) is 0 Å². The topological polar surface area (TPSA) is 47.4 Å². The Kier molecular flexibility index (Phi) is 2.75. The van der Waals surface area contributed by atoms with Crippen molar-refractivity contribution >= 4 is 39.7 Å². The van der Waals surface area contributed by atoms with Crippen LogP contribution in [0.25, 0.3) is 10.3 Å². The molecule has 0 bridgehead atoms. The van der Waals surface area contributed by atoms with Crippen LogP contribution >= 0.6 is 23.1 Å². The van der Waals surface area contributed by atoms with Crippen LogP contribution in [-0.4, -0.2) is 28.0 Å². The number of hydrogen-bond acceptors (Lipinski definition) is 6. The number of thiazole rings is 1. The van der Waals surface area contributed by atoms with Gasteiger partial charge in [-0.25, -0.2) is 9.97 Å². The van der Waals surface area contributed by atoms with E-state index in [9.17, 15) is 0 Å². The fourth-order valence-electron chi connectivity index (χ4n) is 1.41. The monoisotopic (exact) mass is 251 g/mol. The highest BCUT2D eigenvalue weighted by atomic mass is 32.2. The molecule has 2 aromatic rings. The van der Waals surface area contributed by atoms with Crippen LogP contribution in [0.15, 0.2) is 27.8 Å². The Balaban J connectivity index is 1.69. The van der Waals surface area contributed by atoms with E-state index in [0.29, 0.717) is 0 Å². The van der Waals surface area contributed by atoms with Gasteiger partial charge in [0.25, 0.3) is 0 Å². The summed E-state index contributed by atoms with van der Waals surface area (Å²) in [6, 6.07) is 3.89. The van der Waals surface area contributed by atoms with E-state index in [-0.39, 0.29) is 6.10 Å². The van der Waals surface area contributed by atoms with E-state index >= 15 is 0 Å². The molecule has 82 valence electrons. The minimum atomic E-state index is 0.199. The van der Waals surface area contributed by atoms with Crippen molar-refractivity contribution < 1.29 is 4.84 Å². The molecule has 1 aliphatic heterocycles. The summed E-state index contributed by atoms with van der Waals surface area (Å²) < 4.78 is 1.05. The first-order chi connectivity index (χ1) is 7.92. The smallest absolute Gasteiger partial charge is 0.152 e. The van der Waals surface area contributed by atoms with Gasteiger partial charge in [0, 0.05) is 24.6 Å². The average molecular weight is 251 g/mol. The van der Waals surface area contributed by atoms with Crippen molar-refractivity contribution in [1.29, 1.82) is 0 Å². The Morgan fingerprint density at radius 2 is 2.56 bits per heavy atom. The highest BCUT2D eigenvalue weighted by Crippen LogP contribution is 2.29. The summed E-state index contributed by atoms with van der Waals surface area (Å²) in [7, 11) is 0. The highest BCUT2D eigenvalue weighted by molar-refractivity contribution is 8.01. The largest absolute Gasteiger partial charge is 0.392 e. The third-order valence-electron chi connectivity index (χ3n) is 2.19. The second kappa shape index (κ2) is 4.39. The van der Waals surface area contributed by atoms with E-state index < -0.39 is 0 Å². The molecule has 0 saturated heterocycles. The summed E-state index contributed by atoms with van der Waals surface area (Å²) in [6.07, 6.45) is 4.70. The van der Waals surface area contributed by atoms with Crippen LogP contribution in [0.1, 0.15) is 6.42 Å². The molecular weight excluding hydrogens is 242 g/mol. The number of aromatic nitrogens is 2. The fourth-order valence-corrected chi connectivity index (χ4v) is 3.41. The van der Waals surface area contributed by atoms with E-state index in [2.05, 4.69) is 15.1 Å². The van der Waals surface area contributed by atoms with Gasteiger partial charge in [0.05, 0.1) is 0 Å². The molecule has 0 N–H and O–H groups in total. The predicted molar refractivity (Wildman–Crippen MR) is 66.1 cm³/mol. The first kappa shape index (κ1) is 10.0. The summed E-state index contributed by atoms with van der Waals surface area (Å²) >= 11 is 3.33. The number of oxime groups is 1. The number of hydrogen-bond donors (Lipinski definition) is 0. The first-order valence-corrected chi connectivity index (χ1v) is 6.74. The maximum atomic E-state index is 5.16. The van der Waals surface area contributed by atoms with Crippen molar-refractivity contribution in [3.8, 4) is 0 Å². The van der Waals surface area contributed by atoms with Crippen molar-refractivity contribution in [2.75, 3.05) is 5.75 Å². The van der Waals surface area contributed by atoms with Gasteiger partial charge in [-0.2, -0.15) is 0 Å². The third-order valence-corrected chi connectivity index (χ3v) is 4.45. The molecule has 1 unspecified atom stereocenters. The lowest BCUT2D eigenvalue weighted by atomic mass is 10.3. The number of pyridine rings is 1. The molecule has 4 nitrogen and oxygen atoms in total. The lowest BCUT2D eigenvalue weighted by Gasteiger charge is -2.04. The van der Waals surface area contributed by atoms with Crippen molar-refractivity contribution in [2.45, 2.75) is 16.9 Å². The molecule has 0 radical (unpaired) electrons. The second-order valence-corrected chi connectivity index (χ2v) is 5.61. The molecule has 0 aliphatic carbocycles. The molecule has 0 spiro atoms. The van der Waals surface area contributed by atoms with Crippen LogP contribution in [0, 0.1) is 0 Å². The van der Waals surface area contributed by atoms with Crippen LogP contribution in [0.2, 0.25) is 0 Å². The van der Waals surface area contributed by atoms with Gasteiger partial charge in [-0.15, -0.1) is 0 Å². The molecule has 1 aliphatic rings. The van der Waals surface area contributed by atoms with Gasteiger partial charge in [-0.3, -0.25) is 0 Å².